The zero-order valence-corrected chi connectivity index (χ0v) is 11.7. The van der Waals surface area contributed by atoms with Gasteiger partial charge in [0.15, 0.2) is 0 Å². The lowest BCUT2D eigenvalue weighted by Gasteiger charge is -2.24. The number of halogens is 1. The van der Waals surface area contributed by atoms with E-state index in [0.29, 0.717) is 17.7 Å². The highest BCUT2D eigenvalue weighted by Gasteiger charge is 2.36. The minimum atomic E-state index is -0.586. The van der Waals surface area contributed by atoms with E-state index in [1.54, 1.807) is 23.2 Å². The van der Waals surface area contributed by atoms with Gasteiger partial charge in [0.25, 0.3) is 5.91 Å². The number of aromatic nitrogens is 1. The Hall–Kier alpha value is -2.14. The van der Waals surface area contributed by atoms with Crippen LogP contribution in [0, 0.1) is 12.7 Å². The zero-order chi connectivity index (χ0) is 15.0. The Balaban J connectivity index is 1.93. The highest BCUT2D eigenvalue weighted by molar-refractivity contribution is 5.94. The van der Waals surface area contributed by atoms with Crippen molar-refractivity contribution in [2.45, 2.75) is 25.5 Å². The first-order valence-corrected chi connectivity index (χ1v) is 6.94. The third-order valence-electron chi connectivity index (χ3n) is 3.94. The molecule has 1 aromatic carbocycles. The molecule has 0 bridgehead atoms. The summed E-state index contributed by atoms with van der Waals surface area (Å²) in [5.74, 6) is -0.499. The van der Waals surface area contributed by atoms with Gasteiger partial charge in [-0.2, -0.15) is 0 Å². The zero-order valence-electron chi connectivity index (χ0n) is 11.7. The molecule has 21 heavy (non-hydrogen) atoms. The second-order valence-electron chi connectivity index (χ2n) is 5.45. The Labute approximate surface area is 122 Å². The number of hydrogen-bond donors (Lipinski definition) is 2. The molecule has 1 aromatic heterocycles. The molecule has 3 rings (SSSR count). The van der Waals surface area contributed by atoms with Crippen molar-refractivity contribution in [3.05, 3.63) is 59.2 Å². The van der Waals surface area contributed by atoms with Gasteiger partial charge in [0.2, 0.25) is 0 Å². The monoisotopic (exact) mass is 288 g/mol. The fourth-order valence-corrected chi connectivity index (χ4v) is 2.89. The number of nitrogens with zero attached hydrogens (tertiary/aromatic N) is 1. The minimum Gasteiger partial charge on any atom is -0.391 e. The number of rotatable bonds is 2. The molecule has 1 fully saturated rings. The number of H-pyrrole nitrogens is 1. The van der Waals surface area contributed by atoms with E-state index in [0.717, 1.165) is 5.56 Å². The lowest BCUT2D eigenvalue weighted by molar-refractivity contribution is 0.0709. The number of aryl methyl sites for hydroxylation is 1. The average molecular weight is 288 g/mol. The maximum atomic E-state index is 13.4. The Bertz CT molecular complexity index is 668. The van der Waals surface area contributed by atoms with Crippen LogP contribution >= 0.6 is 0 Å². The molecule has 0 unspecified atom stereocenters. The van der Waals surface area contributed by atoms with Crippen molar-refractivity contribution < 1.29 is 14.3 Å². The Morgan fingerprint density at radius 1 is 1.43 bits per heavy atom. The van der Waals surface area contributed by atoms with E-state index in [4.69, 9.17) is 0 Å². The predicted octanol–water partition coefficient (Wildman–Crippen LogP) is 2.41. The van der Waals surface area contributed by atoms with Crippen molar-refractivity contribution in [1.29, 1.82) is 0 Å². The summed E-state index contributed by atoms with van der Waals surface area (Å²) in [6, 6.07) is 7.73. The quantitative estimate of drug-likeness (QED) is 0.891. The highest BCUT2D eigenvalue weighted by atomic mass is 19.1. The van der Waals surface area contributed by atoms with Crippen LogP contribution in [0.1, 0.15) is 34.1 Å². The fourth-order valence-electron chi connectivity index (χ4n) is 2.89. The van der Waals surface area contributed by atoms with E-state index in [1.165, 1.54) is 12.1 Å². The molecular formula is C16H17FN2O2. The second-order valence-corrected chi connectivity index (χ2v) is 5.45. The first kappa shape index (κ1) is 13.8. The molecule has 0 aliphatic carbocycles. The van der Waals surface area contributed by atoms with Gasteiger partial charge in [0.1, 0.15) is 11.5 Å². The molecule has 2 aromatic rings. The number of nitrogens with one attached hydrogen (secondary N) is 1. The van der Waals surface area contributed by atoms with Crippen molar-refractivity contribution in [1.82, 2.24) is 9.88 Å². The van der Waals surface area contributed by atoms with Crippen LogP contribution in [0.3, 0.4) is 0 Å². The molecule has 1 saturated heterocycles. The molecule has 0 spiro atoms. The summed E-state index contributed by atoms with van der Waals surface area (Å²) in [6.45, 7) is 2.12. The Kier molecular flexibility index (Phi) is 3.51. The summed E-state index contributed by atoms with van der Waals surface area (Å²) in [7, 11) is 0. The Morgan fingerprint density at radius 3 is 2.90 bits per heavy atom. The van der Waals surface area contributed by atoms with Gasteiger partial charge in [-0.25, -0.2) is 4.39 Å². The van der Waals surface area contributed by atoms with Crippen LogP contribution in [0.4, 0.5) is 4.39 Å². The molecule has 1 aliphatic rings. The van der Waals surface area contributed by atoms with Crippen molar-refractivity contribution in [2.24, 2.45) is 0 Å². The van der Waals surface area contributed by atoms with Crippen molar-refractivity contribution in [3.63, 3.8) is 0 Å². The first-order chi connectivity index (χ1) is 10.1. The van der Waals surface area contributed by atoms with Crippen LogP contribution in [0.5, 0.6) is 0 Å². The lowest BCUT2D eigenvalue weighted by atomic mass is 10.0. The summed E-state index contributed by atoms with van der Waals surface area (Å²) in [4.78, 5) is 17.2. The van der Waals surface area contributed by atoms with Crippen LogP contribution in [-0.2, 0) is 0 Å². The molecule has 110 valence electrons. The molecule has 4 nitrogen and oxygen atoms in total. The third-order valence-corrected chi connectivity index (χ3v) is 3.94. The third kappa shape index (κ3) is 2.56. The number of benzene rings is 1. The van der Waals surface area contributed by atoms with E-state index in [2.05, 4.69) is 4.98 Å². The number of likely N-dealkylation sites (tertiary alicyclic amines) is 1. The number of carbonyl (C=O) groups excluding carboxylic acids is 1. The van der Waals surface area contributed by atoms with Gasteiger partial charge in [-0.05, 0) is 42.7 Å². The summed E-state index contributed by atoms with van der Waals surface area (Å²) in [5, 5.41) is 9.92. The molecule has 1 amide bonds. The standard InChI is InChI=1S/C16H17FN2O2/c1-10-5-6-18-15(10)16(21)19-9-13(20)8-14(19)11-3-2-4-12(17)7-11/h2-7,13-14,18,20H,8-9H2,1H3/t13-,14-/m0/s1. The topological polar surface area (TPSA) is 56.3 Å². The summed E-state index contributed by atoms with van der Waals surface area (Å²) < 4.78 is 13.4. The molecule has 2 N–H and O–H groups in total. The highest BCUT2D eigenvalue weighted by Crippen LogP contribution is 2.33. The van der Waals surface area contributed by atoms with Gasteiger partial charge in [0.05, 0.1) is 12.1 Å². The maximum Gasteiger partial charge on any atom is 0.271 e. The van der Waals surface area contributed by atoms with Crippen LogP contribution in [-0.4, -0.2) is 33.5 Å². The smallest absolute Gasteiger partial charge is 0.271 e. The number of aliphatic hydroxyl groups is 1. The lowest BCUT2D eigenvalue weighted by Crippen LogP contribution is -2.32. The number of hydrogen-bond acceptors (Lipinski definition) is 2. The fraction of sp³-hybridized carbons (Fsp3) is 0.312. The van der Waals surface area contributed by atoms with E-state index in [-0.39, 0.29) is 24.3 Å². The maximum absolute atomic E-state index is 13.4. The van der Waals surface area contributed by atoms with Gasteiger partial charge in [0, 0.05) is 12.7 Å². The van der Waals surface area contributed by atoms with E-state index in [9.17, 15) is 14.3 Å². The predicted molar refractivity (Wildman–Crippen MR) is 76.3 cm³/mol. The SMILES string of the molecule is Cc1cc[nH]c1C(=O)N1C[C@@H](O)C[C@H]1c1cccc(F)c1. The summed E-state index contributed by atoms with van der Waals surface area (Å²) >= 11 is 0. The van der Waals surface area contributed by atoms with Gasteiger partial charge >= 0.3 is 0 Å². The summed E-state index contributed by atoms with van der Waals surface area (Å²) in [6.07, 6.45) is 1.55. The van der Waals surface area contributed by atoms with E-state index >= 15 is 0 Å². The molecule has 2 heterocycles. The minimum absolute atomic E-state index is 0.164. The van der Waals surface area contributed by atoms with Gasteiger partial charge in [-0.1, -0.05) is 12.1 Å². The van der Waals surface area contributed by atoms with Gasteiger partial charge in [-0.3, -0.25) is 4.79 Å². The van der Waals surface area contributed by atoms with Crippen molar-refractivity contribution >= 4 is 5.91 Å². The number of aliphatic hydroxyl groups excluding tert-OH is 1. The van der Waals surface area contributed by atoms with Crippen LogP contribution in [0.2, 0.25) is 0 Å². The molecule has 2 atom stereocenters. The molecule has 5 heteroatoms. The molecular weight excluding hydrogens is 271 g/mol. The number of amides is 1. The molecule has 0 saturated carbocycles. The average Bonchev–Trinajstić information content (AvgIpc) is 3.04. The normalized spacial score (nSPS) is 21.8. The van der Waals surface area contributed by atoms with Crippen LogP contribution in [0.25, 0.3) is 0 Å². The van der Waals surface area contributed by atoms with Crippen molar-refractivity contribution in [2.75, 3.05) is 6.54 Å². The van der Waals surface area contributed by atoms with Crippen LogP contribution in [0.15, 0.2) is 36.5 Å². The molecule has 0 radical (unpaired) electrons. The number of β-amino-alcohol motifs (C(OH)–C–C–N with tert-alkyl or cyclic N) is 1. The first-order valence-electron chi connectivity index (χ1n) is 6.94. The van der Waals surface area contributed by atoms with E-state index < -0.39 is 6.10 Å². The number of aromatic amines is 1. The number of carbonyl (C=O) groups is 1. The van der Waals surface area contributed by atoms with Crippen LogP contribution < -0.4 is 0 Å². The van der Waals surface area contributed by atoms with Gasteiger partial charge in [-0.15, -0.1) is 0 Å². The largest absolute Gasteiger partial charge is 0.391 e. The Morgan fingerprint density at radius 2 is 2.24 bits per heavy atom. The summed E-state index contributed by atoms with van der Waals surface area (Å²) in [5.41, 5.74) is 2.09. The van der Waals surface area contributed by atoms with E-state index in [1.807, 2.05) is 13.0 Å². The second kappa shape index (κ2) is 5.33. The van der Waals surface area contributed by atoms with Gasteiger partial charge < -0.3 is 15.0 Å². The molecule has 1 aliphatic heterocycles. The van der Waals surface area contributed by atoms with Crippen molar-refractivity contribution in [3.8, 4) is 0 Å².